The molecule has 1 aliphatic rings. The summed E-state index contributed by atoms with van der Waals surface area (Å²) < 4.78 is 0. The molecule has 2 atom stereocenters. The molecule has 2 N–H and O–H groups in total. The fraction of sp³-hybridized carbons (Fsp3) is 0.250. The van der Waals surface area contributed by atoms with Gasteiger partial charge in [0, 0.05) is 5.57 Å². The highest BCUT2D eigenvalue weighted by atomic mass is 31.0. The molecule has 0 aromatic heterocycles. The summed E-state index contributed by atoms with van der Waals surface area (Å²) in [5.74, 6) is -2.06. The topological polar surface area (TPSA) is 74.6 Å². The van der Waals surface area contributed by atoms with Crippen LogP contribution < -0.4 is 0 Å². The molecule has 1 aromatic carbocycles. The van der Waals surface area contributed by atoms with Crippen LogP contribution in [-0.2, 0) is 15.8 Å². The van der Waals surface area contributed by atoms with E-state index in [4.69, 9.17) is 10.2 Å². The predicted octanol–water partition coefficient (Wildman–Crippen LogP) is 3.11. The third-order valence-corrected chi connectivity index (χ3v) is 3.63. The van der Waals surface area contributed by atoms with E-state index in [2.05, 4.69) is 33.5 Å². The number of benzene rings is 1. The van der Waals surface area contributed by atoms with Crippen LogP contribution in [0.25, 0.3) is 0 Å². The monoisotopic (exact) mass is 306 g/mol. The lowest BCUT2D eigenvalue weighted by Gasteiger charge is -2.23. The molecule has 1 aliphatic carbocycles. The van der Waals surface area contributed by atoms with Crippen molar-refractivity contribution in [2.75, 3.05) is 0 Å². The maximum absolute atomic E-state index is 10.8. The highest BCUT2D eigenvalue weighted by Gasteiger charge is 2.34. The predicted molar refractivity (Wildman–Crippen MR) is 85.1 cm³/mol. The van der Waals surface area contributed by atoms with Crippen LogP contribution in [-0.4, -0.2) is 22.2 Å². The van der Waals surface area contributed by atoms with Gasteiger partial charge in [0.2, 0.25) is 0 Å². The molecular formula is C16H19O4P. The number of carboxylic acid groups (broad SMARTS) is 2. The molecule has 0 saturated heterocycles. The van der Waals surface area contributed by atoms with Crippen LogP contribution in [0.2, 0.25) is 0 Å². The van der Waals surface area contributed by atoms with E-state index in [-0.39, 0.29) is 12.0 Å². The van der Waals surface area contributed by atoms with Crippen LogP contribution in [0.3, 0.4) is 0 Å². The van der Waals surface area contributed by atoms with Gasteiger partial charge >= 0.3 is 11.9 Å². The van der Waals surface area contributed by atoms with Gasteiger partial charge in [0.1, 0.15) is 0 Å². The second kappa shape index (κ2) is 7.75. The highest BCUT2D eigenvalue weighted by Crippen LogP contribution is 2.31. The van der Waals surface area contributed by atoms with Crippen molar-refractivity contribution in [3.05, 3.63) is 59.7 Å². The van der Waals surface area contributed by atoms with E-state index in [1.54, 1.807) is 0 Å². The Kier molecular flexibility index (Phi) is 6.32. The maximum Gasteiger partial charge on any atom is 0.331 e. The molecule has 0 amide bonds. The van der Waals surface area contributed by atoms with E-state index >= 15 is 0 Å². The quantitative estimate of drug-likeness (QED) is 0.841. The molecule has 0 aliphatic heterocycles. The first-order chi connectivity index (χ1) is 9.89. The molecular weight excluding hydrogens is 287 g/mol. The first-order valence-corrected chi connectivity index (χ1v) is 7.30. The molecule has 0 fully saturated rings. The molecule has 0 saturated carbocycles. The van der Waals surface area contributed by atoms with Crippen molar-refractivity contribution in [2.24, 2.45) is 5.41 Å². The minimum Gasteiger partial charge on any atom is -0.481 e. The number of carbonyl (C=O) groups is 2. The Bertz CT molecular complexity index is 563. The largest absolute Gasteiger partial charge is 0.481 e. The van der Waals surface area contributed by atoms with Gasteiger partial charge in [-0.3, -0.25) is 4.79 Å². The van der Waals surface area contributed by atoms with E-state index in [1.807, 2.05) is 6.07 Å². The average molecular weight is 306 g/mol. The van der Waals surface area contributed by atoms with Crippen LogP contribution in [0.15, 0.2) is 54.1 Å². The number of rotatable bonds is 3. The van der Waals surface area contributed by atoms with E-state index in [0.29, 0.717) is 0 Å². The maximum atomic E-state index is 10.8. The van der Waals surface area contributed by atoms with E-state index in [9.17, 15) is 9.59 Å². The standard InChI is InChI=1S/C9H10O4.C7H9P/c1-9(8(12)13)4-2-3-6(5-9)7(10)11;8-6-7-4-2-1-3-5-7/h2-4H,5H2,1H3,(H,10,11)(H,12,13);1-5H,6,8H2. The zero-order valence-electron chi connectivity index (χ0n) is 11.8. The molecule has 1 aromatic rings. The third kappa shape index (κ3) is 5.16. The number of hydrogen-bond acceptors (Lipinski definition) is 2. The van der Waals surface area contributed by atoms with Crippen molar-refractivity contribution in [3.63, 3.8) is 0 Å². The zero-order chi connectivity index (χ0) is 15.9. The minimum absolute atomic E-state index is 0.0359. The van der Waals surface area contributed by atoms with Gasteiger partial charge in [0.15, 0.2) is 0 Å². The molecule has 2 rings (SSSR count). The van der Waals surface area contributed by atoms with Crippen LogP contribution in [0.1, 0.15) is 18.9 Å². The Morgan fingerprint density at radius 3 is 2.29 bits per heavy atom. The van der Waals surface area contributed by atoms with E-state index in [0.717, 1.165) is 6.16 Å². The molecule has 4 nitrogen and oxygen atoms in total. The summed E-state index contributed by atoms with van der Waals surface area (Å²) in [6.45, 7) is 1.50. The number of hydrogen-bond donors (Lipinski definition) is 2. The summed E-state index contributed by atoms with van der Waals surface area (Å²) in [6, 6.07) is 10.4. The summed E-state index contributed by atoms with van der Waals surface area (Å²) in [5, 5.41) is 17.5. The number of carboxylic acids is 2. The molecule has 0 heterocycles. The average Bonchev–Trinajstić information content (AvgIpc) is 2.48. The lowest BCUT2D eigenvalue weighted by molar-refractivity contribution is -0.145. The summed E-state index contributed by atoms with van der Waals surface area (Å²) in [7, 11) is 2.69. The van der Waals surface area contributed by atoms with Crippen molar-refractivity contribution in [2.45, 2.75) is 19.5 Å². The molecule has 5 heteroatoms. The Balaban J connectivity index is 0.000000235. The van der Waals surface area contributed by atoms with Crippen molar-refractivity contribution >= 4 is 21.2 Å². The Hall–Kier alpha value is -1.93. The third-order valence-electron chi connectivity index (χ3n) is 3.16. The van der Waals surface area contributed by atoms with Gasteiger partial charge in [-0.15, -0.1) is 9.24 Å². The second-order valence-electron chi connectivity index (χ2n) is 4.95. The first kappa shape index (κ1) is 17.1. The van der Waals surface area contributed by atoms with Crippen LogP contribution in [0, 0.1) is 5.41 Å². The van der Waals surface area contributed by atoms with Gasteiger partial charge < -0.3 is 10.2 Å². The van der Waals surface area contributed by atoms with Gasteiger partial charge in [0.25, 0.3) is 0 Å². The smallest absolute Gasteiger partial charge is 0.331 e. The fourth-order valence-electron chi connectivity index (χ4n) is 1.80. The lowest BCUT2D eigenvalue weighted by Crippen LogP contribution is -2.28. The second-order valence-corrected chi connectivity index (χ2v) is 5.35. The van der Waals surface area contributed by atoms with Crippen molar-refractivity contribution in [1.82, 2.24) is 0 Å². The zero-order valence-corrected chi connectivity index (χ0v) is 13.0. The Labute approximate surface area is 126 Å². The van der Waals surface area contributed by atoms with Gasteiger partial charge in [-0.05, 0) is 25.1 Å². The SMILES string of the molecule is CC1(C(=O)O)C=CC=C(C(=O)O)C1.PCc1ccccc1. The number of allylic oxidation sites excluding steroid dienone is 2. The Morgan fingerprint density at radius 1 is 1.24 bits per heavy atom. The summed E-state index contributed by atoms with van der Waals surface area (Å²) in [4.78, 5) is 21.3. The van der Waals surface area contributed by atoms with Gasteiger partial charge in [-0.1, -0.05) is 48.6 Å². The molecule has 21 heavy (non-hydrogen) atoms. The minimum atomic E-state index is -1.08. The van der Waals surface area contributed by atoms with Gasteiger partial charge in [0.05, 0.1) is 5.41 Å². The normalized spacial score (nSPS) is 20.0. The first-order valence-electron chi connectivity index (χ1n) is 6.48. The molecule has 0 radical (unpaired) electrons. The van der Waals surface area contributed by atoms with Crippen LogP contribution >= 0.6 is 9.24 Å². The van der Waals surface area contributed by atoms with E-state index < -0.39 is 17.4 Å². The highest BCUT2D eigenvalue weighted by molar-refractivity contribution is 7.15. The Morgan fingerprint density at radius 2 is 1.86 bits per heavy atom. The van der Waals surface area contributed by atoms with Crippen molar-refractivity contribution in [3.8, 4) is 0 Å². The van der Waals surface area contributed by atoms with Crippen LogP contribution in [0.5, 0.6) is 0 Å². The van der Waals surface area contributed by atoms with Crippen molar-refractivity contribution < 1.29 is 19.8 Å². The summed E-state index contributed by atoms with van der Waals surface area (Å²) in [5.41, 5.74) is 0.424. The summed E-state index contributed by atoms with van der Waals surface area (Å²) >= 11 is 0. The van der Waals surface area contributed by atoms with Gasteiger partial charge in [-0.25, -0.2) is 4.79 Å². The fourth-order valence-corrected chi connectivity index (χ4v) is 2.07. The van der Waals surface area contributed by atoms with Crippen LogP contribution in [0.4, 0.5) is 0 Å². The van der Waals surface area contributed by atoms with Gasteiger partial charge in [-0.2, -0.15) is 0 Å². The lowest BCUT2D eigenvalue weighted by atomic mass is 9.80. The van der Waals surface area contributed by atoms with Crippen molar-refractivity contribution in [1.29, 1.82) is 0 Å². The van der Waals surface area contributed by atoms with E-state index in [1.165, 1.54) is 30.7 Å². The number of aliphatic carboxylic acids is 2. The summed E-state index contributed by atoms with van der Waals surface area (Å²) in [6.07, 6.45) is 5.49. The molecule has 2 unspecified atom stereocenters. The molecule has 0 bridgehead atoms. The molecule has 112 valence electrons. The molecule has 0 spiro atoms.